The second-order valence-corrected chi connectivity index (χ2v) is 8.92. The Morgan fingerprint density at radius 3 is 2.48 bits per heavy atom. The molecular weight excluding hydrogens is 377 g/mol. The summed E-state index contributed by atoms with van der Waals surface area (Å²) in [5, 5.41) is 0.504. The summed E-state index contributed by atoms with van der Waals surface area (Å²) in [6.45, 7) is 1.96. The summed E-state index contributed by atoms with van der Waals surface area (Å²) >= 11 is 12.0. The Kier molecular flexibility index (Phi) is 5.74. The van der Waals surface area contributed by atoms with Gasteiger partial charge in [0.05, 0.1) is 5.02 Å². The van der Waals surface area contributed by atoms with Crippen LogP contribution in [0.4, 0.5) is 0 Å². The maximum atomic E-state index is 12.8. The molecule has 0 amide bonds. The van der Waals surface area contributed by atoms with Gasteiger partial charge in [-0.2, -0.15) is 0 Å². The summed E-state index contributed by atoms with van der Waals surface area (Å²) in [6, 6.07) is 10.5. The van der Waals surface area contributed by atoms with E-state index in [1.807, 2.05) is 13.0 Å². The smallest absolute Gasteiger partial charge is 0.207 e. The highest BCUT2D eigenvalue weighted by Crippen LogP contribution is 2.29. The van der Waals surface area contributed by atoms with Crippen molar-refractivity contribution in [1.82, 2.24) is 4.72 Å². The number of nitrogens with one attached hydrogen (secondary N) is 1. The van der Waals surface area contributed by atoms with E-state index in [4.69, 9.17) is 23.2 Å². The Morgan fingerprint density at radius 2 is 1.76 bits per heavy atom. The van der Waals surface area contributed by atoms with Crippen LogP contribution in [0.3, 0.4) is 0 Å². The largest absolute Gasteiger partial charge is 0.242 e. The van der Waals surface area contributed by atoms with Gasteiger partial charge in [0, 0.05) is 11.1 Å². The van der Waals surface area contributed by atoms with E-state index in [2.05, 4.69) is 16.9 Å². The van der Waals surface area contributed by atoms with Crippen LogP contribution >= 0.6 is 23.2 Å². The van der Waals surface area contributed by atoms with Crippen LogP contribution in [0.25, 0.3) is 0 Å². The Balaban J connectivity index is 1.90. The second kappa shape index (κ2) is 7.67. The first-order valence-electron chi connectivity index (χ1n) is 8.50. The van der Waals surface area contributed by atoms with Crippen LogP contribution in [0.5, 0.6) is 0 Å². The quantitative estimate of drug-likeness (QED) is 0.743. The van der Waals surface area contributed by atoms with Gasteiger partial charge in [0.1, 0.15) is 4.90 Å². The van der Waals surface area contributed by atoms with Crippen molar-refractivity contribution in [2.45, 2.75) is 50.0 Å². The molecule has 0 aliphatic heterocycles. The molecule has 25 heavy (non-hydrogen) atoms. The van der Waals surface area contributed by atoms with Gasteiger partial charge in [-0.15, -0.1) is 0 Å². The van der Waals surface area contributed by atoms with Crippen LogP contribution in [0.2, 0.25) is 10.0 Å². The van der Waals surface area contributed by atoms with Crippen LogP contribution in [0, 0.1) is 0 Å². The lowest BCUT2D eigenvalue weighted by molar-refractivity contribution is 0.549. The summed E-state index contributed by atoms with van der Waals surface area (Å²) < 4.78 is 28.3. The lowest BCUT2D eigenvalue weighted by Gasteiger charge is -2.22. The summed E-state index contributed by atoms with van der Waals surface area (Å²) in [5.41, 5.74) is 3.71. The molecule has 0 saturated heterocycles. The zero-order valence-electron chi connectivity index (χ0n) is 14.1. The predicted molar refractivity (Wildman–Crippen MR) is 103 cm³/mol. The van der Waals surface area contributed by atoms with Gasteiger partial charge in [-0.25, -0.2) is 13.1 Å². The van der Waals surface area contributed by atoms with Gasteiger partial charge < -0.3 is 0 Å². The lowest BCUT2D eigenvalue weighted by Crippen LogP contribution is -2.28. The summed E-state index contributed by atoms with van der Waals surface area (Å²) in [4.78, 5) is 0.0121. The van der Waals surface area contributed by atoms with E-state index < -0.39 is 10.0 Å². The molecule has 2 aromatic rings. The van der Waals surface area contributed by atoms with Crippen molar-refractivity contribution in [3.05, 3.63) is 63.1 Å². The van der Waals surface area contributed by atoms with Crippen molar-refractivity contribution in [3.8, 4) is 0 Å². The third-order valence-corrected chi connectivity index (χ3v) is 6.85. The molecule has 0 saturated carbocycles. The molecule has 6 heteroatoms. The minimum absolute atomic E-state index is 0.0121. The third-order valence-electron chi connectivity index (χ3n) is 4.66. The van der Waals surface area contributed by atoms with Crippen molar-refractivity contribution in [2.24, 2.45) is 0 Å². The zero-order chi connectivity index (χ0) is 18.0. The normalized spacial score (nSPS) is 15.6. The Hall–Kier alpha value is -1.07. The molecule has 1 N–H and O–H groups in total. The number of hydrogen-bond donors (Lipinski definition) is 1. The molecule has 2 aromatic carbocycles. The first-order valence-corrected chi connectivity index (χ1v) is 10.7. The molecule has 0 heterocycles. The van der Waals surface area contributed by atoms with Gasteiger partial charge in [-0.3, -0.25) is 0 Å². The summed E-state index contributed by atoms with van der Waals surface area (Å²) in [5.74, 6) is 0. The van der Waals surface area contributed by atoms with Crippen molar-refractivity contribution in [2.75, 3.05) is 0 Å². The molecule has 0 radical (unpaired) electrons. The first-order chi connectivity index (χ1) is 11.9. The fourth-order valence-corrected chi connectivity index (χ4v) is 5.36. The van der Waals surface area contributed by atoms with Crippen LogP contribution in [-0.4, -0.2) is 8.42 Å². The molecule has 134 valence electrons. The molecule has 1 aliphatic carbocycles. The molecular formula is C19H21Cl2NO2S. The van der Waals surface area contributed by atoms with Gasteiger partial charge in [0.15, 0.2) is 0 Å². The highest BCUT2D eigenvalue weighted by Gasteiger charge is 2.24. The highest BCUT2D eigenvalue weighted by atomic mass is 35.5. The molecule has 3 rings (SSSR count). The minimum atomic E-state index is -3.76. The van der Waals surface area contributed by atoms with Crippen LogP contribution in [-0.2, 0) is 22.9 Å². The van der Waals surface area contributed by atoms with E-state index in [0.717, 1.165) is 18.4 Å². The first kappa shape index (κ1) is 18.7. The second-order valence-electron chi connectivity index (χ2n) is 6.39. The zero-order valence-corrected chi connectivity index (χ0v) is 16.4. The third kappa shape index (κ3) is 4.20. The van der Waals surface area contributed by atoms with E-state index in [1.165, 1.54) is 36.1 Å². The van der Waals surface area contributed by atoms with Crippen molar-refractivity contribution in [1.29, 1.82) is 0 Å². The molecule has 0 bridgehead atoms. The summed E-state index contributed by atoms with van der Waals surface area (Å²) in [6.07, 6.45) is 5.24. The number of halogens is 2. The number of benzene rings is 2. The summed E-state index contributed by atoms with van der Waals surface area (Å²) in [7, 11) is -3.76. The van der Waals surface area contributed by atoms with Gasteiger partial charge in [-0.05, 0) is 67.0 Å². The Morgan fingerprint density at radius 1 is 1.04 bits per heavy atom. The monoisotopic (exact) mass is 397 g/mol. The fraction of sp³-hybridized carbons (Fsp3) is 0.368. The van der Waals surface area contributed by atoms with Gasteiger partial charge in [-0.1, -0.05) is 48.3 Å². The molecule has 1 atom stereocenters. The van der Waals surface area contributed by atoms with E-state index in [9.17, 15) is 8.42 Å². The van der Waals surface area contributed by atoms with Crippen molar-refractivity contribution < 1.29 is 8.42 Å². The van der Waals surface area contributed by atoms with Crippen LogP contribution in [0.15, 0.2) is 41.3 Å². The Labute approximate surface area is 159 Å². The molecule has 1 aliphatic rings. The van der Waals surface area contributed by atoms with Gasteiger partial charge in [0.2, 0.25) is 10.0 Å². The minimum Gasteiger partial charge on any atom is -0.207 e. The number of rotatable bonds is 5. The van der Waals surface area contributed by atoms with Crippen molar-refractivity contribution in [3.63, 3.8) is 0 Å². The van der Waals surface area contributed by atoms with E-state index in [1.54, 1.807) is 6.07 Å². The van der Waals surface area contributed by atoms with E-state index in [0.29, 0.717) is 11.4 Å². The van der Waals surface area contributed by atoms with E-state index >= 15 is 0 Å². The molecule has 0 spiro atoms. The standard InChI is InChI=1S/C19H21Cl2NO2S/c1-2-18(15-8-7-13-5-3-4-6-14(13)11-15)22-25(23,24)19-12-16(20)9-10-17(19)21/h7-12,18,22H,2-6H2,1H3/t18-/m0/s1. The van der Waals surface area contributed by atoms with Crippen LogP contribution in [0.1, 0.15) is 48.9 Å². The average molecular weight is 398 g/mol. The average Bonchev–Trinajstić information content (AvgIpc) is 2.61. The predicted octanol–water partition coefficient (Wildman–Crippen LogP) is 5.30. The maximum Gasteiger partial charge on any atom is 0.242 e. The topological polar surface area (TPSA) is 46.2 Å². The number of fused-ring (bicyclic) bond motifs is 1. The number of sulfonamides is 1. The fourth-order valence-electron chi connectivity index (χ4n) is 3.29. The van der Waals surface area contributed by atoms with E-state index in [-0.39, 0.29) is 16.0 Å². The molecule has 3 nitrogen and oxygen atoms in total. The molecule has 0 aromatic heterocycles. The molecule has 0 unspecified atom stereocenters. The van der Waals surface area contributed by atoms with Crippen LogP contribution < -0.4 is 4.72 Å². The number of hydrogen-bond acceptors (Lipinski definition) is 2. The maximum absolute atomic E-state index is 12.8. The Bertz CT molecular complexity index is 881. The lowest BCUT2D eigenvalue weighted by atomic mass is 9.89. The van der Waals surface area contributed by atoms with Gasteiger partial charge in [0.25, 0.3) is 0 Å². The van der Waals surface area contributed by atoms with Crippen molar-refractivity contribution >= 4 is 33.2 Å². The highest BCUT2D eigenvalue weighted by molar-refractivity contribution is 7.89. The molecule has 0 fully saturated rings. The number of aryl methyl sites for hydroxylation is 2. The SMILES string of the molecule is CC[C@H](NS(=O)(=O)c1cc(Cl)ccc1Cl)c1ccc2c(c1)CCCC2. The van der Waals surface area contributed by atoms with Gasteiger partial charge >= 0.3 is 0 Å².